The van der Waals surface area contributed by atoms with E-state index in [1.54, 1.807) is 0 Å². The zero-order valence-electron chi connectivity index (χ0n) is 8.60. The number of nitro groups is 1. The van der Waals surface area contributed by atoms with Crippen LogP contribution in [0, 0.1) is 10.1 Å². The zero-order chi connectivity index (χ0) is 13.9. The van der Waals surface area contributed by atoms with Crippen LogP contribution in [0.4, 0.5) is 14.5 Å². The predicted octanol–water partition coefficient (Wildman–Crippen LogP) is 2.79. The normalized spacial score (nSPS) is 10.4. The molecule has 6 nitrogen and oxygen atoms in total. The maximum Gasteiger partial charge on any atom is 0.387 e. The lowest BCUT2D eigenvalue weighted by Crippen LogP contribution is -2.08. The van der Waals surface area contributed by atoms with Gasteiger partial charge >= 0.3 is 12.6 Å². The second-order valence-corrected chi connectivity index (χ2v) is 3.60. The minimum atomic E-state index is -3.19. The van der Waals surface area contributed by atoms with E-state index in [1.807, 2.05) is 0 Å². The third-order valence-electron chi connectivity index (χ3n) is 1.99. The van der Waals surface area contributed by atoms with Crippen LogP contribution in [0.5, 0.6) is 5.75 Å². The van der Waals surface area contributed by atoms with Crippen LogP contribution in [0.1, 0.15) is 15.9 Å². The van der Waals surface area contributed by atoms with Gasteiger partial charge in [0.15, 0.2) is 0 Å². The molecule has 1 aromatic carbocycles. The van der Waals surface area contributed by atoms with Crippen LogP contribution < -0.4 is 4.74 Å². The lowest BCUT2D eigenvalue weighted by molar-refractivity contribution is -0.385. The highest BCUT2D eigenvalue weighted by Gasteiger charge is 2.23. The van der Waals surface area contributed by atoms with Crippen LogP contribution in [0.2, 0.25) is 0 Å². The summed E-state index contributed by atoms with van der Waals surface area (Å²) < 4.78 is 28.0. The Morgan fingerprint density at radius 2 is 2.17 bits per heavy atom. The molecule has 0 saturated heterocycles. The number of carboxylic acid groups (broad SMARTS) is 1. The SMILES string of the molecule is O=C(O)c1cc(OC(F)F)cc([N+](=O)[O-])c1CBr. The average molecular weight is 326 g/mol. The minimum Gasteiger partial charge on any atom is -0.478 e. The van der Waals surface area contributed by atoms with Crippen molar-refractivity contribution in [1.82, 2.24) is 0 Å². The summed E-state index contributed by atoms with van der Waals surface area (Å²) >= 11 is 2.91. The molecule has 1 rings (SSSR count). The fraction of sp³-hybridized carbons (Fsp3) is 0.222. The first kappa shape index (κ1) is 14.3. The number of nitrogens with zero attached hydrogens (tertiary/aromatic N) is 1. The maximum absolute atomic E-state index is 12.0. The van der Waals surface area contributed by atoms with Gasteiger partial charge in [-0.05, 0) is 6.07 Å². The van der Waals surface area contributed by atoms with Crippen LogP contribution in [0.15, 0.2) is 12.1 Å². The largest absolute Gasteiger partial charge is 0.478 e. The number of rotatable bonds is 5. The number of halogens is 3. The summed E-state index contributed by atoms with van der Waals surface area (Å²) in [6.45, 7) is -3.19. The molecule has 0 unspecified atom stereocenters. The molecule has 0 bridgehead atoms. The number of carboxylic acids is 1. The van der Waals surface area contributed by atoms with Gasteiger partial charge in [0, 0.05) is 5.33 Å². The van der Waals surface area contributed by atoms with Crippen LogP contribution in [0.3, 0.4) is 0 Å². The zero-order valence-corrected chi connectivity index (χ0v) is 10.2. The van der Waals surface area contributed by atoms with Crippen molar-refractivity contribution in [3.8, 4) is 5.75 Å². The van der Waals surface area contributed by atoms with Gasteiger partial charge in [-0.3, -0.25) is 10.1 Å². The Kier molecular flexibility index (Phi) is 4.54. The van der Waals surface area contributed by atoms with E-state index in [1.165, 1.54) is 0 Å². The molecule has 1 aromatic rings. The number of nitro benzene ring substituents is 1. The fourth-order valence-corrected chi connectivity index (χ4v) is 1.89. The van der Waals surface area contributed by atoms with Crippen molar-refractivity contribution in [2.75, 3.05) is 0 Å². The Hall–Kier alpha value is -1.77. The third kappa shape index (κ3) is 3.13. The number of ether oxygens (including phenoxy) is 1. The number of benzene rings is 1. The third-order valence-corrected chi connectivity index (χ3v) is 2.55. The van der Waals surface area contributed by atoms with Gasteiger partial charge in [0.2, 0.25) is 0 Å². The van der Waals surface area contributed by atoms with Gasteiger partial charge < -0.3 is 9.84 Å². The molecule has 0 atom stereocenters. The summed E-state index contributed by atoms with van der Waals surface area (Å²) in [6.07, 6.45) is 0. The van der Waals surface area contributed by atoms with Gasteiger partial charge in [0.1, 0.15) is 5.75 Å². The van der Waals surface area contributed by atoms with Crippen LogP contribution >= 0.6 is 15.9 Å². The maximum atomic E-state index is 12.0. The second-order valence-electron chi connectivity index (χ2n) is 3.04. The summed E-state index contributed by atoms with van der Waals surface area (Å²) in [6, 6.07) is 1.58. The summed E-state index contributed by atoms with van der Waals surface area (Å²) in [5.41, 5.74) is -1.17. The molecule has 1 N–H and O–H groups in total. The summed E-state index contributed by atoms with van der Waals surface area (Å²) in [4.78, 5) is 20.8. The lowest BCUT2D eigenvalue weighted by atomic mass is 10.1. The molecule has 0 fully saturated rings. The molecule has 0 aliphatic carbocycles. The monoisotopic (exact) mass is 325 g/mol. The molecule has 0 aliphatic rings. The molecule has 9 heteroatoms. The quantitative estimate of drug-likeness (QED) is 0.510. The molecule has 0 aliphatic heterocycles. The van der Waals surface area contributed by atoms with Crippen molar-refractivity contribution < 1.29 is 28.3 Å². The van der Waals surface area contributed by atoms with E-state index in [0.29, 0.717) is 0 Å². The first-order chi connectivity index (χ1) is 8.36. The molecule has 18 heavy (non-hydrogen) atoms. The average Bonchev–Trinajstić information content (AvgIpc) is 2.26. The van der Waals surface area contributed by atoms with E-state index in [2.05, 4.69) is 20.7 Å². The van der Waals surface area contributed by atoms with Crippen LogP contribution in [0.25, 0.3) is 0 Å². The Morgan fingerprint density at radius 1 is 1.56 bits per heavy atom. The number of hydrogen-bond donors (Lipinski definition) is 1. The van der Waals surface area contributed by atoms with Crippen molar-refractivity contribution >= 4 is 27.6 Å². The van der Waals surface area contributed by atoms with Crippen LogP contribution in [-0.4, -0.2) is 22.6 Å². The van der Waals surface area contributed by atoms with E-state index >= 15 is 0 Å². The predicted molar refractivity (Wildman–Crippen MR) is 59.3 cm³/mol. The molecule has 0 heterocycles. The molecule has 0 aromatic heterocycles. The van der Waals surface area contributed by atoms with Crippen molar-refractivity contribution in [3.05, 3.63) is 33.4 Å². The van der Waals surface area contributed by atoms with Gasteiger partial charge in [-0.1, -0.05) is 15.9 Å². The number of alkyl halides is 3. The van der Waals surface area contributed by atoms with Crippen molar-refractivity contribution in [2.45, 2.75) is 11.9 Å². The fourth-order valence-electron chi connectivity index (χ4n) is 1.30. The molecule has 0 spiro atoms. The molecule has 0 radical (unpaired) electrons. The van der Waals surface area contributed by atoms with E-state index in [-0.39, 0.29) is 10.9 Å². The van der Waals surface area contributed by atoms with Gasteiger partial charge in [-0.15, -0.1) is 0 Å². The highest BCUT2D eigenvalue weighted by Crippen LogP contribution is 2.31. The molecular weight excluding hydrogens is 320 g/mol. The summed E-state index contributed by atoms with van der Waals surface area (Å²) in [5, 5.41) is 19.5. The topological polar surface area (TPSA) is 89.7 Å². The van der Waals surface area contributed by atoms with Gasteiger partial charge in [0.05, 0.1) is 22.1 Å². The second kappa shape index (κ2) is 5.71. The molecular formula is C9H6BrF2NO5. The summed E-state index contributed by atoms with van der Waals surface area (Å²) in [7, 11) is 0. The number of aromatic carboxylic acids is 1. The van der Waals surface area contributed by atoms with E-state index in [4.69, 9.17) is 5.11 Å². The first-order valence-corrected chi connectivity index (χ1v) is 5.54. The Balaban J connectivity index is 3.43. The summed E-state index contributed by atoms with van der Waals surface area (Å²) in [5.74, 6) is -2.04. The van der Waals surface area contributed by atoms with Gasteiger partial charge in [-0.25, -0.2) is 4.79 Å². The highest BCUT2D eigenvalue weighted by atomic mass is 79.9. The minimum absolute atomic E-state index is 0.0973. The van der Waals surface area contributed by atoms with Gasteiger partial charge in [-0.2, -0.15) is 8.78 Å². The molecule has 98 valence electrons. The Labute approximate surface area is 107 Å². The lowest BCUT2D eigenvalue weighted by Gasteiger charge is -2.09. The molecule has 0 amide bonds. The highest BCUT2D eigenvalue weighted by molar-refractivity contribution is 9.08. The van der Waals surface area contributed by atoms with Crippen molar-refractivity contribution in [1.29, 1.82) is 0 Å². The van der Waals surface area contributed by atoms with E-state index in [9.17, 15) is 23.7 Å². The standard InChI is InChI=1S/C9H6BrF2NO5/c10-3-6-5(8(14)15)1-4(18-9(11)12)2-7(6)13(16)17/h1-2,9H,3H2,(H,14,15). The Morgan fingerprint density at radius 3 is 2.56 bits per heavy atom. The first-order valence-electron chi connectivity index (χ1n) is 4.42. The van der Waals surface area contributed by atoms with Gasteiger partial charge in [0.25, 0.3) is 5.69 Å². The van der Waals surface area contributed by atoms with Crippen molar-refractivity contribution in [3.63, 3.8) is 0 Å². The smallest absolute Gasteiger partial charge is 0.387 e. The molecule has 0 saturated carbocycles. The number of hydrogen-bond acceptors (Lipinski definition) is 4. The van der Waals surface area contributed by atoms with E-state index < -0.39 is 34.5 Å². The van der Waals surface area contributed by atoms with E-state index in [0.717, 1.165) is 12.1 Å². The van der Waals surface area contributed by atoms with Crippen LogP contribution in [-0.2, 0) is 5.33 Å². The Bertz CT molecular complexity index is 459. The number of carbonyl (C=O) groups is 1. The van der Waals surface area contributed by atoms with Crippen molar-refractivity contribution in [2.24, 2.45) is 0 Å².